The van der Waals surface area contributed by atoms with E-state index in [9.17, 15) is 17.6 Å². The summed E-state index contributed by atoms with van der Waals surface area (Å²) in [4.78, 5) is 7.77. The number of nitrogen functional groups attached to an aromatic ring is 1. The Hall–Kier alpha value is -4.09. The number of fused-ring (bicyclic) bond motifs is 1. The zero-order chi connectivity index (χ0) is 23.6. The number of halogens is 4. The van der Waals surface area contributed by atoms with Crippen molar-refractivity contribution >= 4 is 28.2 Å². The average Bonchev–Trinajstić information content (AvgIpc) is 3.14. The third kappa shape index (κ3) is 5.05. The molecule has 0 aliphatic carbocycles. The highest BCUT2D eigenvalue weighted by Crippen LogP contribution is 2.38. The first-order valence-corrected chi connectivity index (χ1v) is 9.74. The molecule has 4 aromatic rings. The Labute approximate surface area is 185 Å². The highest BCUT2D eigenvalue weighted by Gasteiger charge is 2.35. The third-order valence-corrected chi connectivity index (χ3v) is 4.95. The van der Waals surface area contributed by atoms with Gasteiger partial charge in [-0.05, 0) is 35.9 Å². The minimum Gasteiger partial charge on any atom is -0.383 e. The molecule has 2 heterocycles. The Bertz CT molecular complexity index is 1300. The number of hydrogen-bond acceptors (Lipinski definition) is 7. The number of rotatable bonds is 7. The molecule has 0 fully saturated rings. The lowest BCUT2D eigenvalue weighted by molar-refractivity contribution is -0.138. The molecular formula is C21H18F4N8. The van der Waals surface area contributed by atoms with Crippen molar-refractivity contribution in [3.05, 3.63) is 71.9 Å². The number of anilines is 3. The van der Waals surface area contributed by atoms with E-state index >= 15 is 0 Å². The Balaban J connectivity index is 1.62. The van der Waals surface area contributed by atoms with Gasteiger partial charge in [0.25, 0.3) is 0 Å². The third-order valence-electron chi connectivity index (χ3n) is 4.95. The topological polar surface area (TPSA) is 118 Å². The summed E-state index contributed by atoms with van der Waals surface area (Å²) < 4.78 is 54.0. The number of benzene rings is 2. The van der Waals surface area contributed by atoms with Crippen LogP contribution in [0.5, 0.6) is 0 Å². The first-order chi connectivity index (χ1) is 15.7. The van der Waals surface area contributed by atoms with E-state index in [1.54, 1.807) is 41.2 Å². The smallest absolute Gasteiger partial charge is 0.383 e. The highest BCUT2D eigenvalue weighted by molar-refractivity contribution is 5.83. The zero-order valence-electron chi connectivity index (χ0n) is 17.0. The van der Waals surface area contributed by atoms with Crippen LogP contribution in [0.3, 0.4) is 0 Å². The van der Waals surface area contributed by atoms with E-state index in [4.69, 9.17) is 11.3 Å². The van der Waals surface area contributed by atoms with Gasteiger partial charge in [-0.25, -0.2) is 19.9 Å². The summed E-state index contributed by atoms with van der Waals surface area (Å²) in [6, 6.07) is 9.85. The van der Waals surface area contributed by atoms with Crippen molar-refractivity contribution < 1.29 is 17.6 Å². The molecule has 33 heavy (non-hydrogen) atoms. The number of nitrogens with zero attached hydrogens (tertiary/aromatic N) is 5. The average molecular weight is 458 g/mol. The van der Waals surface area contributed by atoms with Crippen molar-refractivity contribution in [3.8, 4) is 0 Å². The molecule has 2 aromatic heterocycles. The predicted molar refractivity (Wildman–Crippen MR) is 114 cm³/mol. The molecule has 4 N–H and O–H groups in total. The second-order valence-corrected chi connectivity index (χ2v) is 7.32. The zero-order valence-corrected chi connectivity index (χ0v) is 17.0. The lowest BCUT2D eigenvalue weighted by Gasteiger charge is -2.18. The number of nitrogens with two attached hydrogens (primary N) is 1. The second-order valence-electron chi connectivity index (χ2n) is 7.32. The van der Waals surface area contributed by atoms with E-state index in [0.717, 1.165) is 22.8 Å². The van der Waals surface area contributed by atoms with Crippen LogP contribution in [0.2, 0.25) is 0 Å². The SMILES string of the molecule is N=NC(CC(F)(F)F)c1c(N)ncnc1Nc1ccc2c(cnn2Cc2cccc(F)c2)c1. The van der Waals surface area contributed by atoms with Crippen LogP contribution in [0.25, 0.3) is 10.9 Å². The van der Waals surface area contributed by atoms with E-state index in [-0.39, 0.29) is 23.0 Å². The first-order valence-electron chi connectivity index (χ1n) is 9.74. The van der Waals surface area contributed by atoms with Crippen molar-refractivity contribution in [1.82, 2.24) is 19.7 Å². The maximum absolute atomic E-state index is 13.5. The molecule has 12 heteroatoms. The molecule has 0 aliphatic heterocycles. The lowest BCUT2D eigenvalue weighted by atomic mass is 10.1. The normalized spacial score (nSPS) is 12.6. The van der Waals surface area contributed by atoms with Crippen molar-refractivity contribution in [2.24, 2.45) is 5.11 Å². The molecule has 0 radical (unpaired) electrons. The van der Waals surface area contributed by atoms with Crippen LogP contribution in [0, 0.1) is 11.3 Å². The monoisotopic (exact) mass is 458 g/mol. The fourth-order valence-electron chi connectivity index (χ4n) is 3.50. The molecule has 8 nitrogen and oxygen atoms in total. The van der Waals surface area contributed by atoms with Crippen LogP contribution >= 0.6 is 0 Å². The Morgan fingerprint density at radius 1 is 1.15 bits per heavy atom. The predicted octanol–water partition coefficient (Wildman–Crippen LogP) is 5.36. The quantitative estimate of drug-likeness (QED) is 0.254. The second kappa shape index (κ2) is 8.81. The van der Waals surface area contributed by atoms with Gasteiger partial charge < -0.3 is 11.1 Å². The molecule has 1 atom stereocenters. The molecule has 4 rings (SSSR count). The van der Waals surface area contributed by atoms with Crippen LogP contribution in [-0.2, 0) is 6.54 Å². The Morgan fingerprint density at radius 2 is 1.97 bits per heavy atom. The molecule has 2 aromatic carbocycles. The molecular weight excluding hydrogens is 440 g/mol. The van der Waals surface area contributed by atoms with Gasteiger partial charge in [0, 0.05) is 11.1 Å². The fraction of sp³-hybridized carbons (Fsp3) is 0.190. The van der Waals surface area contributed by atoms with Crippen LogP contribution in [0.15, 0.2) is 60.1 Å². The summed E-state index contributed by atoms with van der Waals surface area (Å²) in [5.74, 6) is -0.500. The van der Waals surface area contributed by atoms with Gasteiger partial charge >= 0.3 is 6.18 Å². The molecule has 0 saturated carbocycles. The molecule has 0 amide bonds. The number of nitrogens with one attached hydrogen (secondary N) is 2. The summed E-state index contributed by atoms with van der Waals surface area (Å²) >= 11 is 0. The maximum atomic E-state index is 13.5. The summed E-state index contributed by atoms with van der Waals surface area (Å²) in [6.07, 6.45) is -3.18. The fourth-order valence-corrected chi connectivity index (χ4v) is 3.50. The van der Waals surface area contributed by atoms with Gasteiger partial charge in [0.2, 0.25) is 0 Å². The van der Waals surface area contributed by atoms with Crippen LogP contribution in [0.4, 0.5) is 34.9 Å². The summed E-state index contributed by atoms with van der Waals surface area (Å²) in [5.41, 5.74) is 15.0. The van der Waals surface area contributed by atoms with E-state index in [1.807, 2.05) is 0 Å². The summed E-state index contributed by atoms with van der Waals surface area (Å²) in [6.45, 7) is 0.366. The molecule has 170 valence electrons. The van der Waals surface area contributed by atoms with Crippen molar-refractivity contribution in [2.75, 3.05) is 11.1 Å². The van der Waals surface area contributed by atoms with Gasteiger partial charge in [0.05, 0.1) is 30.2 Å². The maximum Gasteiger partial charge on any atom is 0.391 e. The highest BCUT2D eigenvalue weighted by atomic mass is 19.4. The van der Waals surface area contributed by atoms with Crippen LogP contribution in [-0.4, -0.2) is 25.9 Å². The molecule has 0 saturated heterocycles. The molecule has 1 unspecified atom stereocenters. The van der Waals surface area contributed by atoms with Gasteiger partial charge in [0.1, 0.15) is 29.8 Å². The van der Waals surface area contributed by atoms with Crippen molar-refractivity contribution in [2.45, 2.75) is 25.2 Å². The Kier molecular flexibility index (Phi) is 5.90. The minimum atomic E-state index is -4.55. The van der Waals surface area contributed by atoms with Gasteiger partial charge in [-0.3, -0.25) is 4.68 Å². The molecule has 0 aliphatic rings. The number of hydrogen-bond donors (Lipinski definition) is 3. The number of aromatic nitrogens is 4. The molecule has 0 spiro atoms. The van der Waals surface area contributed by atoms with E-state index in [0.29, 0.717) is 12.2 Å². The van der Waals surface area contributed by atoms with Crippen molar-refractivity contribution in [1.29, 1.82) is 5.53 Å². The van der Waals surface area contributed by atoms with E-state index in [1.165, 1.54) is 12.1 Å². The lowest BCUT2D eigenvalue weighted by Crippen LogP contribution is -2.16. The largest absolute Gasteiger partial charge is 0.391 e. The summed E-state index contributed by atoms with van der Waals surface area (Å²) in [5, 5.41) is 11.1. The van der Waals surface area contributed by atoms with Crippen LogP contribution in [0.1, 0.15) is 23.6 Å². The van der Waals surface area contributed by atoms with Gasteiger partial charge in [-0.1, -0.05) is 12.1 Å². The van der Waals surface area contributed by atoms with Crippen LogP contribution < -0.4 is 11.1 Å². The van der Waals surface area contributed by atoms with Gasteiger partial charge in [-0.2, -0.15) is 23.4 Å². The first kappa shape index (κ1) is 22.1. The summed E-state index contributed by atoms with van der Waals surface area (Å²) in [7, 11) is 0. The van der Waals surface area contributed by atoms with E-state index < -0.39 is 18.6 Å². The minimum absolute atomic E-state index is 0.0271. The number of alkyl halides is 3. The van der Waals surface area contributed by atoms with Gasteiger partial charge in [0.15, 0.2) is 0 Å². The Morgan fingerprint density at radius 3 is 2.70 bits per heavy atom. The standard InChI is InChI=1S/C21H18F4N8/c22-14-3-1-2-12(6-14)10-33-17-5-4-15(7-13(17)9-30-33)31-20-18(19(26)28-11-29-20)16(32-27)8-21(23,24)25/h1-7,9,11,16,27H,8,10H2,(H3,26,28,29,31). The van der Waals surface area contributed by atoms with Crippen molar-refractivity contribution in [3.63, 3.8) is 0 Å². The molecule has 0 bridgehead atoms. The van der Waals surface area contributed by atoms with Gasteiger partial charge in [-0.15, -0.1) is 0 Å². The van der Waals surface area contributed by atoms with E-state index in [2.05, 4.69) is 25.5 Å².